The quantitative estimate of drug-likeness (QED) is 0.568. The summed E-state index contributed by atoms with van der Waals surface area (Å²) in [7, 11) is 0. The van der Waals surface area contributed by atoms with Crippen molar-refractivity contribution in [1.29, 1.82) is 0 Å². The van der Waals surface area contributed by atoms with Crippen molar-refractivity contribution in [1.82, 2.24) is 0 Å². The van der Waals surface area contributed by atoms with E-state index in [4.69, 9.17) is 4.74 Å². The predicted octanol–water partition coefficient (Wildman–Crippen LogP) is 4.35. The summed E-state index contributed by atoms with van der Waals surface area (Å²) in [5, 5.41) is 0. The van der Waals surface area contributed by atoms with Crippen LogP contribution in [0.3, 0.4) is 0 Å². The second kappa shape index (κ2) is 8.72. The van der Waals surface area contributed by atoms with Crippen LogP contribution >= 0.6 is 0 Å². The lowest BCUT2D eigenvalue weighted by atomic mass is 10.1. The average Bonchev–Trinajstić information content (AvgIpc) is 2.17. The number of hydrogen-bond acceptors (Lipinski definition) is 1. The summed E-state index contributed by atoms with van der Waals surface area (Å²) in [4.78, 5) is 0. The SMILES string of the molecule is C/C=C(\C)CC/C=C(\C)COCC(C)C. The van der Waals surface area contributed by atoms with E-state index in [9.17, 15) is 0 Å². The Balaban J connectivity index is 3.61. The second-order valence-corrected chi connectivity index (χ2v) is 4.63. The first kappa shape index (κ1) is 14.4. The average molecular weight is 210 g/mol. The molecule has 0 saturated heterocycles. The normalized spacial score (nSPS) is 13.7. The van der Waals surface area contributed by atoms with Gasteiger partial charge in [0, 0.05) is 6.61 Å². The first-order chi connectivity index (χ1) is 7.06. The van der Waals surface area contributed by atoms with Gasteiger partial charge >= 0.3 is 0 Å². The summed E-state index contributed by atoms with van der Waals surface area (Å²) in [6.07, 6.45) is 6.76. The lowest BCUT2D eigenvalue weighted by Gasteiger charge is -2.07. The summed E-state index contributed by atoms with van der Waals surface area (Å²) in [6, 6.07) is 0. The van der Waals surface area contributed by atoms with E-state index in [1.165, 1.54) is 11.1 Å². The van der Waals surface area contributed by atoms with Crippen molar-refractivity contribution in [2.75, 3.05) is 13.2 Å². The van der Waals surface area contributed by atoms with Crippen LogP contribution in [0.1, 0.15) is 47.5 Å². The molecule has 0 amide bonds. The molecule has 0 N–H and O–H groups in total. The van der Waals surface area contributed by atoms with Gasteiger partial charge in [-0.15, -0.1) is 0 Å². The Hall–Kier alpha value is -0.560. The third-order valence-electron chi connectivity index (χ3n) is 2.31. The molecule has 88 valence electrons. The maximum absolute atomic E-state index is 5.56. The van der Waals surface area contributed by atoms with Gasteiger partial charge in [0.2, 0.25) is 0 Å². The highest BCUT2D eigenvalue weighted by atomic mass is 16.5. The van der Waals surface area contributed by atoms with Crippen LogP contribution in [0, 0.1) is 5.92 Å². The molecule has 0 aromatic rings. The third kappa shape index (κ3) is 9.74. The fraction of sp³-hybridized carbons (Fsp3) is 0.714. The Morgan fingerprint density at radius 2 is 1.87 bits per heavy atom. The Morgan fingerprint density at radius 1 is 1.20 bits per heavy atom. The van der Waals surface area contributed by atoms with Crippen molar-refractivity contribution in [2.24, 2.45) is 5.92 Å². The number of allylic oxidation sites excluding steroid dienone is 3. The van der Waals surface area contributed by atoms with Gasteiger partial charge < -0.3 is 4.74 Å². The van der Waals surface area contributed by atoms with Crippen molar-refractivity contribution in [3.05, 3.63) is 23.3 Å². The summed E-state index contributed by atoms with van der Waals surface area (Å²) in [6.45, 7) is 12.4. The van der Waals surface area contributed by atoms with E-state index < -0.39 is 0 Å². The first-order valence-corrected chi connectivity index (χ1v) is 5.91. The van der Waals surface area contributed by atoms with Crippen LogP contribution in [-0.2, 0) is 4.74 Å². The Bertz CT molecular complexity index is 211. The smallest absolute Gasteiger partial charge is 0.0674 e. The monoisotopic (exact) mass is 210 g/mol. The van der Waals surface area contributed by atoms with Gasteiger partial charge in [0.05, 0.1) is 6.61 Å². The molecule has 0 unspecified atom stereocenters. The highest BCUT2D eigenvalue weighted by molar-refractivity contribution is 5.02. The third-order valence-corrected chi connectivity index (χ3v) is 2.31. The van der Waals surface area contributed by atoms with Gasteiger partial charge in [-0.2, -0.15) is 0 Å². The van der Waals surface area contributed by atoms with Gasteiger partial charge in [0.1, 0.15) is 0 Å². The Labute approximate surface area is 95.2 Å². The summed E-state index contributed by atoms with van der Waals surface area (Å²) < 4.78 is 5.56. The van der Waals surface area contributed by atoms with E-state index in [0.717, 1.165) is 26.1 Å². The Morgan fingerprint density at radius 3 is 2.40 bits per heavy atom. The molecule has 0 aromatic carbocycles. The maximum atomic E-state index is 5.56. The molecule has 1 heteroatoms. The number of ether oxygens (including phenoxy) is 1. The highest BCUT2D eigenvalue weighted by Crippen LogP contribution is 2.06. The maximum Gasteiger partial charge on any atom is 0.0674 e. The van der Waals surface area contributed by atoms with E-state index in [1.54, 1.807) is 0 Å². The molecule has 1 nitrogen and oxygen atoms in total. The van der Waals surface area contributed by atoms with E-state index in [1.807, 2.05) is 0 Å². The fourth-order valence-corrected chi connectivity index (χ4v) is 1.21. The van der Waals surface area contributed by atoms with Crippen LogP contribution in [-0.4, -0.2) is 13.2 Å². The van der Waals surface area contributed by atoms with Crippen LogP contribution in [0.15, 0.2) is 23.3 Å². The lowest BCUT2D eigenvalue weighted by molar-refractivity contribution is 0.129. The van der Waals surface area contributed by atoms with Crippen molar-refractivity contribution in [3.8, 4) is 0 Å². The largest absolute Gasteiger partial charge is 0.377 e. The van der Waals surface area contributed by atoms with Crippen molar-refractivity contribution >= 4 is 0 Å². The highest BCUT2D eigenvalue weighted by Gasteiger charge is 1.94. The van der Waals surface area contributed by atoms with Crippen LogP contribution < -0.4 is 0 Å². The van der Waals surface area contributed by atoms with E-state index in [-0.39, 0.29) is 0 Å². The molecule has 0 rings (SSSR count). The summed E-state index contributed by atoms with van der Waals surface area (Å²) in [5.74, 6) is 0.628. The lowest BCUT2D eigenvalue weighted by Crippen LogP contribution is -2.03. The van der Waals surface area contributed by atoms with Gasteiger partial charge in [-0.25, -0.2) is 0 Å². The minimum Gasteiger partial charge on any atom is -0.377 e. The van der Waals surface area contributed by atoms with Crippen LogP contribution in [0.5, 0.6) is 0 Å². The van der Waals surface area contributed by atoms with Gasteiger partial charge in [-0.1, -0.05) is 37.1 Å². The number of hydrogen-bond donors (Lipinski definition) is 0. The van der Waals surface area contributed by atoms with Gasteiger partial charge in [-0.3, -0.25) is 0 Å². The summed E-state index contributed by atoms with van der Waals surface area (Å²) >= 11 is 0. The van der Waals surface area contributed by atoms with Crippen LogP contribution in [0.25, 0.3) is 0 Å². The molecule has 0 fully saturated rings. The molecule has 0 aliphatic rings. The molecular weight excluding hydrogens is 184 g/mol. The van der Waals surface area contributed by atoms with Crippen molar-refractivity contribution < 1.29 is 4.74 Å². The van der Waals surface area contributed by atoms with E-state index >= 15 is 0 Å². The zero-order valence-electron chi connectivity index (χ0n) is 11.0. The van der Waals surface area contributed by atoms with Crippen molar-refractivity contribution in [2.45, 2.75) is 47.5 Å². The molecule has 0 saturated carbocycles. The zero-order chi connectivity index (χ0) is 11.7. The van der Waals surface area contributed by atoms with Crippen LogP contribution in [0.2, 0.25) is 0 Å². The van der Waals surface area contributed by atoms with Crippen LogP contribution in [0.4, 0.5) is 0 Å². The fourth-order valence-electron chi connectivity index (χ4n) is 1.21. The van der Waals surface area contributed by atoms with E-state index in [2.05, 4.69) is 46.8 Å². The van der Waals surface area contributed by atoms with Gasteiger partial charge in [0.25, 0.3) is 0 Å². The molecule has 0 heterocycles. The zero-order valence-corrected chi connectivity index (χ0v) is 11.0. The molecule has 0 atom stereocenters. The molecule has 0 bridgehead atoms. The first-order valence-electron chi connectivity index (χ1n) is 5.91. The van der Waals surface area contributed by atoms with Crippen molar-refractivity contribution in [3.63, 3.8) is 0 Å². The molecule has 0 aliphatic carbocycles. The van der Waals surface area contributed by atoms with E-state index in [0.29, 0.717) is 5.92 Å². The van der Waals surface area contributed by atoms with Gasteiger partial charge in [0.15, 0.2) is 0 Å². The topological polar surface area (TPSA) is 9.23 Å². The van der Waals surface area contributed by atoms with Gasteiger partial charge in [-0.05, 0) is 39.5 Å². The number of rotatable bonds is 7. The molecule has 0 spiro atoms. The second-order valence-electron chi connectivity index (χ2n) is 4.63. The molecule has 0 aromatic heterocycles. The molecule has 15 heavy (non-hydrogen) atoms. The molecule has 0 radical (unpaired) electrons. The predicted molar refractivity (Wildman–Crippen MR) is 68.1 cm³/mol. The minimum atomic E-state index is 0.628. The molecule has 0 aliphatic heterocycles. The Kier molecular flexibility index (Phi) is 8.40. The minimum absolute atomic E-state index is 0.628. The standard InChI is InChI=1S/C14H26O/c1-6-13(4)8-7-9-14(5)11-15-10-12(2)3/h6,9,12H,7-8,10-11H2,1-5H3/b13-6+,14-9+. The molecular formula is C14H26O. The summed E-state index contributed by atoms with van der Waals surface area (Å²) in [5.41, 5.74) is 2.81.